The zero-order chi connectivity index (χ0) is 17.6. The lowest BCUT2D eigenvalue weighted by Crippen LogP contribution is -2.41. The molecule has 0 radical (unpaired) electrons. The highest BCUT2D eigenvalue weighted by Gasteiger charge is 2.34. The summed E-state index contributed by atoms with van der Waals surface area (Å²) in [4.78, 5) is 24.5. The second-order valence-electron chi connectivity index (χ2n) is 6.60. The standard InChI is InChI=1S/C18H20N4O3/c1-11-5-2-3-7-14(11)22-15-8-4-6-12(15)16(20-22)17(23)19-13-9-10-21(25)18(13)24/h2-3,5,7,13,25H,4,6,8-10H2,1H3,(H,19,23). The van der Waals surface area contributed by atoms with Gasteiger partial charge in [-0.3, -0.25) is 14.8 Å². The fourth-order valence-corrected chi connectivity index (χ4v) is 3.65. The van der Waals surface area contributed by atoms with Crippen molar-refractivity contribution in [1.82, 2.24) is 20.2 Å². The molecule has 2 heterocycles. The minimum Gasteiger partial charge on any atom is -0.339 e. The first-order chi connectivity index (χ1) is 12.1. The van der Waals surface area contributed by atoms with Crippen LogP contribution < -0.4 is 5.32 Å². The first-order valence-electron chi connectivity index (χ1n) is 8.54. The van der Waals surface area contributed by atoms with Crippen molar-refractivity contribution in [1.29, 1.82) is 0 Å². The number of hydrogen-bond acceptors (Lipinski definition) is 4. The summed E-state index contributed by atoms with van der Waals surface area (Å²) in [5, 5.41) is 17.3. The van der Waals surface area contributed by atoms with Gasteiger partial charge in [-0.25, -0.2) is 9.75 Å². The average molecular weight is 340 g/mol. The van der Waals surface area contributed by atoms with Crippen LogP contribution >= 0.6 is 0 Å². The Morgan fingerprint density at radius 1 is 1.32 bits per heavy atom. The van der Waals surface area contributed by atoms with E-state index in [0.717, 1.165) is 41.8 Å². The van der Waals surface area contributed by atoms with Crippen molar-refractivity contribution in [3.8, 4) is 5.69 Å². The van der Waals surface area contributed by atoms with Crippen molar-refractivity contribution in [2.75, 3.05) is 6.54 Å². The highest BCUT2D eigenvalue weighted by molar-refractivity contribution is 5.97. The molecule has 1 aromatic heterocycles. The third kappa shape index (κ3) is 2.60. The molecule has 25 heavy (non-hydrogen) atoms. The number of amides is 2. The summed E-state index contributed by atoms with van der Waals surface area (Å²) in [7, 11) is 0. The quantitative estimate of drug-likeness (QED) is 0.827. The average Bonchev–Trinajstić information content (AvgIpc) is 3.27. The number of carbonyl (C=O) groups is 2. The van der Waals surface area contributed by atoms with E-state index in [1.807, 2.05) is 35.9 Å². The van der Waals surface area contributed by atoms with Crippen LogP contribution in [0.4, 0.5) is 0 Å². The maximum absolute atomic E-state index is 12.7. The number of aromatic nitrogens is 2. The number of para-hydroxylation sites is 1. The maximum atomic E-state index is 12.7. The molecule has 130 valence electrons. The van der Waals surface area contributed by atoms with Crippen LogP contribution in [0.1, 0.15) is 40.2 Å². The maximum Gasteiger partial charge on any atom is 0.272 e. The predicted molar refractivity (Wildman–Crippen MR) is 89.7 cm³/mol. The lowest BCUT2D eigenvalue weighted by Gasteiger charge is -2.11. The molecule has 4 rings (SSSR count). The zero-order valence-electron chi connectivity index (χ0n) is 14.0. The van der Waals surface area contributed by atoms with Crippen LogP contribution in [0.25, 0.3) is 5.69 Å². The molecule has 7 nitrogen and oxygen atoms in total. The van der Waals surface area contributed by atoms with Crippen LogP contribution in [0.15, 0.2) is 24.3 Å². The lowest BCUT2D eigenvalue weighted by atomic mass is 10.1. The van der Waals surface area contributed by atoms with Crippen LogP contribution in [0.5, 0.6) is 0 Å². The topological polar surface area (TPSA) is 87.5 Å². The van der Waals surface area contributed by atoms with Gasteiger partial charge in [-0.05, 0) is 44.2 Å². The van der Waals surface area contributed by atoms with Gasteiger partial charge in [0.2, 0.25) is 0 Å². The zero-order valence-corrected chi connectivity index (χ0v) is 14.0. The fourth-order valence-electron chi connectivity index (χ4n) is 3.65. The van der Waals surface area contributed by atoms with Crippen LogP contribution in [0, 0.1) is 6.92 Å². The SMILES string of the molecule is Cc1ccccc1-n1nc(C(=O)NC2CCN(O)C2=O)c2c1CCC2. The Hall–Kier alpha value is -2.67. The molecule has 0 bridgehead atoms. The van der Waals surface area contributed by atoms with E-state index in [1.54, 1.807) is 0 Å². The third-order valence-electron chi connectivity index (χ3n) is 4.98. The number of benzene rings is 1. The van der Waals surface area contributed by atoms with Crippen molar-refractivity contribution in [2.24, 2.45) is 0 Å². The van der Waals surface area contributed by atoms with E-state index in [2.05, 4.69) is 10.4 Å². The Balaban J connectivity index is 1.67. The molecule has 1 fully saturated rings. The molecule has 7 heteroatoms. The smallest absolute Gasteiger partial charge is 0.272 e. The first kappa shape index (κ1) is 15.8. The summed E-state index contributed by atoms with van der Waals surface area (Å²) in [5.41, 5.74) is 4.49. The number of carbonyl (C=O) groups excluding carboxylic acids is 2. The summed E-state index contributed by atoms with van der Waals surface area (Å²) in [6, 6.07) is 7.26. The minimum atomic E-state index is -0.682. The number of fused-ring (bicyclic) bond motifs is 1. The number of hydrogen-bond donors (Lipinski definition) is 2. The highest BCUT2D eigenvalue weighted by atomic mass is 16.5. The molecule has 1 aliphatic heterocycles. The van der Waals surface area contributed by atoms with Gasteiger partial charge in [0.1, 0.15) is 6.04 Å². The van der Waals surface area contributed by atoms with Crippen molar-refractivity contribution in [2.45, 2.75) is 38.6 Å². The van der Waals surface area contributed by atoms with Gasteiger partial charge in [-0.2, -0.15) is 5.10 Å². The van der Waals surface area contributed by atoms with Crippen LogP contribution in [0.3, 0.4) is 0 Å². The van der Waals surface area contributed by atoms with Crippen LogP contribution in [-0.2, 0) is 17.6 Å². The van der Waals surface area contributed by atoms with E-state index in [9.17, 15) is 14.8 Å². The largest absolute Gasteiger partial charge is 0.339 e. The monoisotopic (exact) mass is 340 g/mol. The normalized spacial score (nSPS) is 19.4. The Morgan fingerprint density at radius 3 is 2.84 bits per heavy atom. The molecule has 2 amide bonds. The number of rotatable bonds is 3. The molecule has 0 saturated carbocycles. The Labute approximate surface area is 145 Å². The summed E-state index contributed by atoms with van der Waals surface area (Å²) in [6.07, 6.45) is 3.10. The molecule has 0 spiro atoms. The van der Waals surface area contributed by atoms with Gasteiger partial charge in [0.05, 0.1) is 12.2 Å². The van der Waals surface area contributed by atoms with E-state index < -0.39 is 11.9 Å². The van der Waals surface area contributed by atoms with E-state index in [0.29, 0.717) is 17.2 Å². The van der Waals surface area contributed by atoms with Crippen LogP contribution in [-0.4, -0.2) is 44.5 Å². The van der Waals surface area contributed by atoms with E-state index >= 15 is 0 Å². The van der Waals surface area contributed by atoms with Gasteiger partial charge in [0, 0.05) is 11.3 Å². The second-order valence-corrected chi connectivity index (χ2v) is 6.60. The highest BCUT2D eigenvalue weighted by Crippen LogP contribution is 2.29. The molecular weight excluding hydrogens is 320 g/mol. The number of nitrogens with zero attached hydrogens (tertiary/aromatic N) is 3. The first-order valence-corrected chi connectivity index (χ1v) is 8.54. The summed E-state index contributed by atoms with van der Waals surface area (Å²) < 4.78 is 1.86. The van der Waals surface area contributed by atoms with Crippen molar-refractivity contribution in [3.63, 3.8) is 0 Å². The second kappa shape index (κ2) is 6.00. The van der Waals surface area contributed by atoms with Crippen molar-refractivity contribution in [3.05, 3.63) is 46.8 Å². The Bertz CT molecular complexity index is 858. The lowest BCUT2D eigenvalue weighted by molar-refractivity contribution is -0.158. The van der Waals surface area contributed by atoms with Gasteiger partial charge < -0.3 is 5.32 Å². The molecule has 2 aromatic rings. The molecule has 2 aliphatic rings. The summed E-state index contributed by atoms with van der Waals surface area (Å²) >= 11 is 0. The van der Waals surface area contributed by atoms with E-state index in [-0.39, 0.29) is 12.5 Å². The molecule has 1 atom stereocenters. The van der Waals surface area contributed by atoms with Gasteiger partial charge >= 0.3 is 0 Å². The molecule has 1 unspecified atom stereocenters. The number of hydroxylamine groups is 2. The van der Waals surface area contributed by atoms with Crippen molar-refractivity contribution >= 4 is 11.8 Å². The molecule has 1 aromatic carbocycles. The Morgan fingerprint density at radius 2 is 2.12 bits per heavy atom. The molecule has 1 aliphatic carbocycles. The van der Waals surface area contributed by atoms with Gasteiger partial charge in [0.25, 0.3) is 11.8 Å². The third-order valence-corrected chi connectivity index (χ3v) is 4.98. The predicted octanol–water partition coefficient (Wildman–Crippen LogP) is 1.39. The summed E-state index contributed by atoms with van der Waals surface area (Å²) in [6.45, 7) is 2.25. The molecule has 2 N–H and O–H groups in total. The molecular formula is C18H20N4O3. The van der Waals surface area contributed by atoms with Gasteiger partial charge in [-0.1, -0.05) is 18.2 Å². The van der Waals surface area contributed by atoms with E-state index in [1.165, 1.54) is 0 Å². The van der Waals surface area contributed by atoms with Crippen molar-refractivity contribution < 1.29 is 14.8 Å². The summed E-state index contributed by atoms with van der Waals surface area (Å²) in [5.74, 6) is -0.817. The van der Waals surface area contributed by atoms with E-state index in [4.69, 9.17) is 0 Å². The number of aryl methyl sites for hydroxylation is 1. The van der Waals surface area contributed by atoms with Gasteiger partial charge in [0.15, 0.2) is 5.69 Å². The fraction of sp³-hybridized carbons (Fsp3) is 0.389. The van der Waals surface area contributed by atoms with Crippen LogP contribution in [0.2, 0.25) is 0 Å². The minimum absolute atomic E-state index is 0.236. The Kier molecular flexibility index (Phi) is 3.80. The molecule has 1 saturated heterocycles. The number of nitrogens with one attached hydrogen (secondary N) is 1. The van der Waals surface area contributed by atoms with Gasteiger partial charge in [-0.15, -0.1) is 0 Å².